The van der Waals surface area contributed by atoms with Crippen molar-refractivity contribution in [3.05, 3.63) is 108 Å². The van der Waals surface area contributed by atoms with E-state index in [-0.39, 0.29) is 11.5 Å². The predicted molar refractivity (Wildman–Crippen MR) is 218 cm³/mol. The average molecular weight is 931 g/mol. The lowest BCUT2D eigenvalue weighted by Gasteiger charge is -2.13. The summed E-state index contributed by atoms with van der Waals surface area (Å²) in [6.45, 7) is 2.95. The predicted octanol–water partition coefficient (Wildman–Crippen LogP) is 8.20. The molecular formula is C36H30N6O16S4. The number of fused-ring (bicyclic) bond motifs is 1. The van der Waals surface area contributed by atoms with E-state index in [1.807, 2.05) is 0 Å². The van der Waals surface area contributed by atoms with Gasteiger partial charge >= 0.3 is 0 Å². The van der Waals surface area contributed by atoms with Gasteiger partial charge in [0.1, 0.15) is 65.2 Å². The molecule has 0 aliphatic carbocycles. The molecule has 0 heterocycles. The lowest BCUT2D eigenvalue weighted by Crippen LogP contribution is -2.02. The Morgan fingerprint density at radius 1 is 0.387 bits per heavy atom. The molecule has 0 saturated carbocycles. The van der Waals surface area contributed by atoms with Crippen molar-refractivity contribution in [1.82, 2.24) is 0 Å². The van der Waals surface area contributed by atoms with Gasteiger partial charge in [0, 0.05) is 0 Å². The van der Waals surface area contributed by atoms with Crippen LogP contribution in [0.25, 0.3) is 10.8 Å². The first-order valence-electron chi connectivity index (χ1n) is 16.8. The number of para-hydroxylation sites is 2. The summed E-state index contributed by atoms with van der Waals surface area (Å²) < 4.78 is 135. The van der Waals surface area contributed by atoms with Crippen molar-refractivity contribution in [1.29, 1.82) is 0 Å². The second-order valence-electron chi connectivity index (χ2n) is 12.7. The summed E-state index contributed by atoms with van der Waals surface area (Å²) in [7, 11) is -20.5. The Balaban J connectivity index is 0.000000378. The Kier molecular flexibility index (Phi) is 13.2. The van der Waals surface area contributed by atoms with Crippen LogP contribution in [-0.4, -0.2) is 72.3 Å². The quantitative estimate of drug-likeness (QED) is 0.0474. The second kappa shape index (κ2) is 17.7. The number of aromatic hydroxyl groups is 4. The lowest BCUT2D eigenvalue weighted by molar-refractivity contribution is 0.458. The van der Waals surface area contributed by atoms with Gasteiger partial charge in [-0.2, -0.15) is 33.7 Å². The molecule has 6 aromatic carbocycles. The minimum atomic E-state index is -5.33. The zero-order valence-electron chi connectivity index (χ0n) is 31.4. The second-order valence-corrected chi connectivity index (χ2v) is 18.2. The molecule has 0 bridgehead atoms. The summed E-state index contributed by atoms with van der Waals surface area (Å²) >= 11 is 0. The number of benzene rings is 6. The summed E-state index contributed by atoms with van der Waals surface area (Å²) in [6.07, 6.45) is 0. The van der Waals surface area contributed by atoms with Crippen LogP contribution in [0.4, 0.5) is 34.1 Å². The first kappa shape index (κ1) is 46.3. The number of azo groups is 3. The largest absolute Gasteiger partial charge is 0.506 e. The highest BCUT2D eigenvalue weighted by molar-refractivity contribution is 7.86. The van der Waals surface area contributed by atoms with E-state index in [4.69, 9.17) is 0 Å². The van der Waals surface area contributed by atoms with Crippen LogP contribution < -0.4 is 0 Å². The highest BCUT2D eigenvalue weighted by Gasteiger charge is 2.29. The number of rotatable bonds is 10. The van der Waals surface area contributed by atoms with Crippen molar-refractivity contribution in [2.45, 2.75) is 33.4 Å². The van der Waals surface area contributed by atoms with Gasteiger partial charge in [0.05, 0.1) is 5.39 Å². The maximum atomic E-state index is 12.2. The van der Waals surface area contributed by atoms with Gasteiger partial charge in [-0.3, -0.25) is 18.2 Å². The van der Waals surface area contributed by atoms with Crippen molar-refractivity contribution >= 4 is 85.4 Å². The molecule has 0 aliphatic heterocycles. The van der Waals surface area contributed by atoms with Crippen molar-refractivity contribution in [2.24, 2.45) is 30.7 Å². The number of phenols is 4. The normalized spacial score (nSPS) is 12.6. The third kappa shape index (κ3) is 10.7. The smallest absolute Gasteiger partial charge is 0.296 e. The van der Waals surface area contributed by atoms with Crippen molar-refractivity contribution < 1.29 is 72.3 Å². The van der Waals surface area contributed by atoms with Gasteiger partial charge in [0.2, 0.25) is 0 Å². The molecule has 0 amide bonds. The van der Waals surface area contributed by atoms with Gasteiger partial charge in [-0.25, -0.2) is 0 Å². The molecule has 62 heavy (non-hydrogen) atoms. The molecule has 0 atom stereocenters. The van der Waals surface area contributed by atoms with Gasteiger partial charge in [0.15, 0.2) is 11.5 Å². The highest BCUT2D eigenvalue weighted by Crippen LogP contribution is 2.50. The summed E-state index contributed by atoms with van der Waals surface area (Å²) in [5.41, 5.74) is -1.88. The number of nitrogens with zero attached hydrogens (tertiary/aromatic N) is 6. The summed E-state index contributed by atoms with van der Waals surface area (Å²) in [5, 5.41) is 61.4. The van der Waals surface area contributed by atoms with Gasteiger partial charge in [0.25, 0.3) is 40.5 Å². The van der Waals surface area contributed by atoms with Crippen LogP contribution in [0.1, 0.15) is 11.1 Å². The van der Waals surface area contributed by atoms with Crippen LogP contribution in [0.2, 0.25) is 0 Å². The van der Waals surface area contributed by atoms with Crippen LogP contribution in [0.15, 0.2) is 147 Å². The zero-order chi connectivity index (χ0) is 45.9. The molecule has 22 nitrogen and oxygen atoms in total. The standard InChI is InChI=1S/C24H20N4O14S4.C12H10N2O2/c1-11-3-5-14(16(7-11)43(31,32)33)25-27-21-18(45(37,38)39)9-13-10-19(46(40,41)42)22(24(30)20(13)23(21)29)28-26-15-6-4-12(2)8-17(15)44(34,35)36;15-11-7-3-1-5-9(11)13-14-10-6-2-4-8-12(10)16/h3-10,29-30H,1-2H3,(H,31,32,33)(H,34,35,36)(H,37,38,39)(H,40,41,42);1-8,15-16H. The first-order chi connectivity index (χ1) is 28.8. The van der Waals surface area contributed by atoms with Gasteiger partial charge in [-0.15, -0.1) is 30.7 Å². The molecule has 0 unspecified atom stereocenters. The molecule has 6 rings (SSSR count). The lowest BCUT2D eigenvalue weighted by atomic mass is 10.1. The molecule has 6 aromatic rings. The third-order valence-electron chi connectivity index (χ3n) is 8.14. The maximum absolute atomic E-state index is 12.2. The molecule has 0 aromatic heterocycles. The summed E-state index contributed by atoms with van der Waals surface area (Å²) in [4.78, 5) is -3.99. The fourth-order valence-corrected chi connectivity index (χ4v) is 8.01. The van der Waals surface area contributed by atoms with E-state index >= 15 is 0 Å². The Morgan fingerprint density at radius 3 is 1.03 bits per heavy atom. The number of hydrogen-bond donors (Lipinski definition) is 8. The van der Waals surface area contributed by atoms with E-state index in [1.165, 1.54) is 38.1 Å². The Hall–Kier alpha value is -6.78. The van der Waals surface area contributed by atoms with Crippen molar-refractivity contribution in [3.8, 4) is 23.0 Å². The monoisotopic (exact) mass is 930 g/mol. The molecular weight excluding hydrogens is 901 g/mol. The Bertz CT molecular complexity index is 3110. The van der Waals surface area contributed by atoms with Gasteiger partial charge < -0.3 is 20.4 Å². The number of phenolic OH excluding ortho intramolecular Hbond substituents is 4. The number of hydrogen-bond acceptors (Lipinski definition) is 18. The van der Waals surface area contributed by atoms with Crippen LogP contribution >= 0.6 is 0 Å². The zero-order valence-corrected chi connectivity index (χ0v) is 34.7. The fourth-order valence-electron chi connectivity index (χ4n) is 5.28. The van der Waals surface area contributed by atoms with E-state index in [0.29, 0.717) is 34.6 Å². The Labute approximate surface area is 351 Å². The van der Waals surface area contributed by atoms with E-state index in [0.717, 1.165) is 24.3 Å². The number of aryl methyl sites for hydroxylation is 2. The van der Waals surface area contributed by atoms with Gasteiger partial charge in [-0.05, 0) is 91.0 Å². The molecule has 0 fully saturated rings. The molecule has 0 radical (unpaired) electrons. The molecule has 0 saturated heterocycles. The van der Waals surface area contributed by atoms with E-state index in [9.17, 15) is 72.3 Å². The van der Waals surface area contributed by atoms with Crippen molar-refractivity contribution in [2.75, 3.05) is 0 Å². The van der Waals surface area contributed by atoms with Crippen LogP contribution in [-0.2, 0) is 40.5 Å². The molecule has 26 heteroatoms. The minimum absolute atomic E-state index is 0.0571. The summed E-state index contributed by atoms with van der Waals surface area (Å²) in [5.74, 6) is -2.47. The molecule has 0 aliphatic rings. The van der Waals surface area contributed by atoms with Crippen LogP contribution in [0, 0.1) is 13.8 Å². The maximum Gasteiger partial charge on any atom is 0.296 e. The molecule has 324 valence electrons. The average Bonchev–Trinajstić information content (AvgIpc) is 3.16. The Morgan fingerprint density at radius 2 is 0.710 bits per heavy atom. The first-order valence-corrected chi connectivity index (χ1v) is 22.5. The van der Waals surface area contributed by atoms with E-state index in [1.54, 1.807) is 36.4 Å². The fraction of sp³-hybridized carbons (Fsp3) is 0.0556. The molecule has 0 spiro atoms. The topological polar surface area (TPSA) is 373 Å². The van der Waals surface area contributed by atoms with Gasteiger partial charge in [-0.1, -0.05) is 36.4 Å². The third-order valence-corrected chi connectivity index (χ3v) is 11.6. The van der Waals surface area contributed by atoms with Crippen molar-refractivity contribution in [3.63, 3.8) is 0 Å². The highest BCUT2D eigenvalue weighted by atomic mass is 32.2. The molecule has 8 N–H and O–H groups in total. The minimum Gasteiger partial charge on any atom is -0.506 e. The summed E-state index contributed by atoms with van der Waals surface area (Å²) in [6, 6.07) is 21.1. The van der Waals surface area contributed by atoms with E-state index < -0.39 is 105 Å². The SMILES string of the molecule is Cc1ccc(N=Nc2c(S(=O)(=O)O)cc3cc(S(=O)(=O)O)c(N=Nc4ccc(C)cc4S(=O)(=O)O)c(O)c3c2O)c(S(=O)(=O)O)c1.Oc1ccccc1N=Nc1ccccc1O. The van der Waals surface area contributed by atoms with Crippen LogP contribution in [0.5, 0.6) is 23.0 Å². The van der Waals surface area contributed by atoms with E-state index in [2.05, 4.69) is 30.7 Å². The van der Waals surface area contributed by atoms with Crippen LogP contribution in [0.3, 0.4) is 0 Å².